The van der Waals surface area contributed by atoms with Gasteiger partial charge in [0, 0.05) is 16.5 Å². The van der Waals surface area contributed by atoms with Crippen LogP contribution < -0.4 is 14.8 Å². The molecule has 1 heterocycles. The van der Waals surface area contributed by atoms with Crippen molar-refractivity contribution in [3.05, 3.63) is 64.5 Å². The van der Waals surface area contributed by atoms with E-state index in [9.17, 15) is 9.59 Å². The molecular formula is C22H21NO5S. The van der Waals surface area contributed by atoms with E-state index in [-0.39, 0.29) is 5.91 Å². The smallest absolute Gasteiger partial charge is 0.341 e. The summed E-state index contributed by atoms with van der Waals surface area (Å²) in [5.74, 6) is 0.0924. The van der Waals surface area contributed by atoms with Crippen molar-refractivity contribution in [1.29, 1.82) is 0 Å². The first-order valence-corrected chi connectivity index (χ1v) is 9.66. The van der Waals surface area contributed by atoms with E-state index in [1.165, 1.54) is 32.7 Å². The van der Waals surface area contributed by atoms with Crippen molar-refractivity contribution < 1.29 is 23.8 Å². The molecule has 0 aliphatic carbocycles. The summed E-state index contributed by atoms with van der Waals surface area (Å²) in [6.45, 7) is 1.99. The highest BCUT2D eigenvalue weighted by molar-refractivity contribution is 7.15. The summed E-state index contributed by atoms with van der Waals surface area (Å²) >= 11 is 1.27. The monoisotopic (exact) mass is 411 g/mol. The van der Waals surface area contributed by atoms with Gasteiger partial charge in [0.1, 0.15) is 10.6 Å². The fourth-order valence-electron chi connectivity index (χ4n) is 2.85. The molecule has 0 fully saturated rings. The van der Waals surface area contributed by atoms with Crippen molar-refractivity contribution >= 4 is 28.2 Å². The van der Waals surface area contributed by atoms with Crippen LogP contribution in [0.3, 0.4) is 0 Å². The number of anilines is 1. The highest BCUT2D eigenvalue weighted by Gasteiger charge is 2.23. The van der Waals surface area contributed by atoms with E-state index in [2.05, 4.69) is 5.32 Å². The van der Waals surface area contributed by atoms with Gasteiger partial charge in [0.25, 0.3) is 5.91 Å². The molecular weight excluding hydrogens is 390 g/mol. The summed E-state index contributed by atoms with van der Waals surface area (Å²) in [7, 11) is 4.35. The lowest BCUT2D eigenvalue weighted by Crippen LogP contribution is -2.14. The first-order valence-electron chi connectivity index (χ1n) is 8.78. The van der Waals surface area contributed by atoms with E-state index in [1.54, 1.807) is 18.2 Å². The van der Waals surface area contributed by atoms with Crippen LogP contribution in [0, 0.1) is 6.92 Å². The van der Waals surface area contributed by atoms with Gasteiger partial charge in [0.15, 0.2) is 11.5 Å². The second kappa shape index (κ2) is 8.79. The number of ether oxygens (including phenoxy) is 3. The number of thiophene rings is 1. The van der Waals surface area contributed by atoms with Gasteiger partial charge in [-0.05, 0) is 30.7 Å². The summed E-state index contributed by atoms with van der Waals surface area (Å²) in [6, 6.07) is 12.7. The number of hydrogen-bond acceptors (Lipinski definition) is 6. The van der Waals surface area contributed by atoms with Crippen LogP contribution >= 0.6 is 11.3 Å². The molecule has 0 atom stereocenters. The summed E-state index contributed by atoms with van der Waals surface area (Å²) in [5.41, 5.74) is 3.41. The quantitative estimate of drug-likeness (QED) is 0.591. The predicted octanol–water partition coefficient (Wildman–Crippen LogP) is 4.78. The Balaban J connectivity index is 1.96. The second-order valence-corrected chi connectivity index (χ2v) is 7.11. The SMILES string of the molecule is COC(=O)c1c(-c2ccc(C)cc2)csc1NC(=O)c1ccc(OC)c(OC)c1. The number of esters is 1. The Labute approximate surface area is 173 Å². The highest BCUT2D eigenvalue weighted by atomic mass is 32.1. The second-order valence-electron chi connectivity index (χ2n) is 6.23. The summed E-state index contributed by atoms with van der Waals surface area (Å²) in [4.78, 5) is 25.2. The van der Waals surface area contributed by atoms with E-state index in [0.29, 0.717) is 33.2 Å². The first kappa shape index (κ1) is 20.4. The zero-order valence-corrected chi connectivity index (χ0v) is 17.4. The van der Waals surface area contributed by atoms with Crippen molar-refractivity contribution in [2.24, 2.45) is 0 Å². The summed E-state index contributed by atoms with van der Waals surface area (Å²) in [6.07, 6.45) is 0. The topological polar surface area (TPSA) is 73.9 Å². The van der Waals surface area contributed by atoms with E-state index in [4.69, 9.17) is 14.2 Å². The zero-order valence-electron chi connectivity index (χ0n) is 16.6. The summed E-state index contributed by atoms with van der Waals surface area (Å²) in [5, 5.41) is 5.07. The molecule has 3 aromatic rings. The fraction of sp³-hybridized carbons (Fsp3) is 0.182. The molecule has 0 aliphatic heterocycles. The Bertz CT molecular complexity index is 1040. The number of aryl methyl sites for hydroxylation is 1. The highest BCUT2D eigenvalue weighted by Crippen LogP contribution is 2.37. The van der Waals surface area contributed by atoms with Gasteiger partial charge in [0.05, 0.1) is 21.3 Å². The van der Waals surface area contributed by atoms with Gasteiger partial charge in [-0.15, -0.1) is 11.3 Å². The van der Waals surface area contributed by atoms with E-state index >= 15 is 0 Å². The molecule has 0 spiro atoms. The molecule has 0 saturated heterocycles. The number of carbonyl (C=O) groups excluding carboxylic acids is 2. The van der Waals surface area contributed by atoms with Crippen molar-refractivity contribution in [3.8, 4) is 22.6 Å². The molecule has 7 heteroatoms. The number of carbonyl (C=O) groups is 2. The van der Waals surface area contributed by atoms with Crippen LogP contribution in [0.4, 0.5) is 5.00 Å². The van der Waals surface area contributed by atoms with Crippen LogP contribution in [0.15, 0.2) is 47.8 Å². The average Bonchev–Trinajstić information content (AvgIpc) is 3.16. The molecule has 150 valence electrons. The Morgan fingerprint density at radius 2 is 1.62 bits per heavy atom. The van der Waals surface area contributed by atoms with Gasteiger partial charge in [0.2, 0.25) is 0 Å². The number of amides is 1. The average molecular weight is 411 g/mol. The maximum Gasteiger partial charge on any atom is 0.341 e. The Morgan fingerprint density at radius 1 is 0.931 bits per heavy atom. The summed E-state index contributed by atoms with van der Waals surface area (Å²) < 4.78 is 15.4. The van der Waals surface area contributed by atoms with Crippen LogP contribution in [-0.4, -0.2) is 33.2 Å². The minimum absolute atomic E-state index is 0.329. The van der Waals surface area contributed by atoms with Crippen LogP contribution in [0.5, 0.6) is 11.5 Å². The lowest BCUT2D eigenvalue weighted by atomic mass is 10.0. The number of rotatable bonds is 6. The van der Waals surface area contributed by atoms with E-state index in [0.717, 1.165) is 11.1 Å². The molecule has 3 rings (SSSR count). The number of nitrogens with one attached hydrogen (secondary N) is 1. The van der Waals surface area contributed by atoms with Crippen molar-refractivity contribution in [3.63, 3.8) is 0 Å². The number of methoxy groups -OCH3 is 3. The Morgan fingerprint density at radius 3 is 2.24 bits per heavy atom. The maximum absolute atomic E-state index is 12.8. The van der Waals surface area contributed by atoms with Crippen LogP contribution in [-0.2, 0) is 4.74 Å². The van der Waals surface area contributed by atoms with Gasteiger partial charge in [-0.1, -0.05) is 29.8 Å². The molecule has 0 aliphatic rings. The third kappa shape index (κ3) is 4.25. The van der Waals surface area contributed by atoms with E-state index < -0.39 is 5.97 Å². The fourth-order valence-corrected chi connectivity index (χ4v) is 3.81. The molecule has 1 amide bonds. The van der Waals surface area contributed by atoms with Gasteiger partial charge < -0.3 is 19.5 Å². The molecule has 1 N–H and O–H groups in total. The van der Waals surface area contributed by atoms with Crippen LogP contribution in [0.25, 0.3) is 11.1 Å². The van der Waals surface area contributed by atoms with Crippen molar-refractivity contribution in [2.75, 3.05) is 26.6 Å². The van der Waals surface area contributed by atoms with Gasteiger partial charge in [-0.25, -0.2) is 4.79 Å². The lowest BCUT2D eigenvalue weighted by Gasteiger charge is -2.10. The van der Waals surface area contributed by atoms with Crippen molar-refractivity contribution in [2.45, 2.75) is 6.92 Å². The number of hydrogen-bond donors (Lipinski definition) is 1. The van der Waals surface area contributed by atoms with Crippen molar-refractivity contribution in [1.82, 2.24) is 0 Å². The standard InChI is InChI=1S/C22H21NO5S/c1-13-5-7-14(8-6-13)16-12-29-21(19(16)22(25)28-4)23-20(24)15-9-10-17(26-2)18(11-15)27-3/h5-12H,1-4H3,(H,23,24). The molecule has 0 unspecified atom stereocenters. The third-order valence-electron chi connectivity index (χ3n) is 4.42. The molecule has 6 nitrogen and oxygen atoms in total. The molecule has 1 aromatic heterocycles. The molecule has 2 aromatic carbocycles. The first-order chi connectivity index (χ1) is 14.0. The molecule has 0 saturated carbocycles. The molecule has 0 bridgehead atoms. The lowest BCUT2D eigenvalue weighted by molar-refractivity contribution is 0.0603. The number of benzene rings is 2. The Kier molecular flexibility index (Phi) is 6.19. The largest absolute Gasteiger partial charge is 0.493 e. The van der Waals surface area contributed by atoms with Crippen LogP contribution in [0.2, 0.25) is 0 Å². The molecule has 29 heavy (non-hydrogen) atoms. The Hall–Kier alpha value is -3.32. The van der Waals surface area contributed by atoms with E-state index in [1.807, 2.05) is 36.6 Å². The van der Waals surface area contributed by atoms with Gasteiger partial charge in [-0.2, -0.15) is 0 Å². The van der Waals surface area contributed by atoms with Gasteiger partial charge in [-0.3, -0.25) is 4.79 Å². The third-order valence-corrected chi connectivity index (χ3v) is 5.31. The zero-order chi connectivity index (χ0) is 21.0. The minimum Gasteiger partial charge on any atom is -0.493 e. The normalized spacial score (nSPS) is 10.3. The minimum atomic E-state index is -0.510. The van der Waals surface area contributed by atoms with Gasteiger partial charge >= 0.3 is 5.97 Å². The molecule has 0 radical (unpaired) electrons. The predicted molar refractivity (Wildman–Crippen MR) is 113 cm³/mol. The van der Waals surface area contributed by atoms with Crippen LogP contribution in [0.1, 0.15) is 26.3 Å². The maximum atomic E-state index is 12.8.